The highest BCUT2D eigenvalue weighted by atomic mass is 127. The number of aromatic nitrogens is 2. The van der Waals surface area contributed by atoms with Crippen molar-refractivity contribution in [3.8, 4) is 11.4 Å². The van der Waals surface area contributed by atoms with E-state index in [9.17, 15) is 4.79 Å². The molecule has 0 saturated heterocycles. The highest BCUT2D eigenvalue weighted by molar-refractivity contribution is 14.0. The van der Waals surface area contributed by atoms with Gasteiger partial charge in [0.1, 0.15) is 0 Å². The third-order valence-electron chi connectivity index (χ3n) is 3.11. The smallest absolute Gasteiger partial charge is 0.246 e. The van der Waals surface area contributed by atoms with Gasteiger partial charge in [-0.2, -0.15) is 4.98 Å². The van der Waals surface area contributed by atoms with Crippen molar-refractivity contribution >= 4 is 47.4 Å². The zero-order valence-electron chi connectivity index (χ0n) is 14.1. The van der Waals surface area contributed by atoms with Crippen LogP contribution in [-0.2, 0) is 11.3 Å². The summed E-state index contributed by atoms with van der Waals surface area (Å²) in [5.74, 6) is 1.30. The molecule has 0 aliphatic rings. The fourth-order valence-electron chi connectivity index (χ4n) is 1.74. The van der Waals surface area contributed by atoms with E-state index in [-0.39, 0.29) is 43.0 Å². The Bertz CT molecular complexity index is 717. The number of carbonyl (C=O) groups excluding carboxylic acids is 1. The number of likely N-dealkylation sites (N-methyl/N-ethyl adjacent to an activating group) is 1. The Kier molecular flexibility index (Phi) is 8.62. The number of guanidine groups is 1. The summed E-state index contributed by atoms with van der Waals surface area (Å²) in [7, 11) is 5.00. The molecule has 2 N–H and O–H groups in total. The average Bonchev–Trinajstić information content (AvgIpc) is 3.04. The standard InChI is InChI=1S/C15H19ClN6O2.HI/c1-17-15(19-9-13(23)22(2)3)18-8-12-20-14(21-24-12)10-4-6-11(16)7-5-10;/h4-7H,8-9H2,1-3H3,(H2,17,18,19);1H. The van der Waals surface area contributed by atoms with Crippen LogP contribution in [0.1, 0.15) is 5.89 Å². The Morgan fingerprint density at radius 1 is 1.28 bits per heavy atom. The molecule has 8 nitrogen and oxygen atoms in total. The van der Waals surface area contributed by atoms with Crippen LogP contribution in [0.15, 0.2) is 33.8 Å². The monoisotopic (exact) mass is 478 g/mol. The minimum absolute atomic E-state index is 0. The molecule has 1 aromatic heterocycles. The lowest BCUT2D eigenvalue weighted by Crippen LogP contribution is -2.42. The van der Waals surface area contributed by atoms with Gasteiger partial charge in [-0.25, -0.2) is 0 Å². The van der Waals surface area contributed by atoms with Crippen LogP contribution in [0.4, 0.5) is 0 Å². The number of rotatable bonds is 5. The largest absolute Gasteiger partial charge is 0.347 e. The Hall–Kier alpha value is -1.88. The van der Waals surface area contributed by atoms with Crippen LogP contribution < -0.4 is 10.6 Å². The molecule has 0 aliphatic carbocycles. The van der Waals surface area contributed by atoms with Gasteiger partial charge in [0.25, 0.3) is 0 Å². The second-order valence-corrected chi connectivity index (χ2v) is 5.52. The molecule has 25 heavy (non-hydrogen) atoms. The SMILES string of the molecule is CN=C(NCC(=O)N(C)C)NCc1nc(-c2ccc(Cl)cc2)no1.I. The first-order valence-corrected chi connectivity index (χ1v) is 7.60. The van der Waals surface area contributed by atoms with Crippen LogP contribution >= 0.6 is 35.6 Å². The minimum atomic E-state index is -0.0548. The van der Waals surface area contributed by atoms with Gasteiger partial charge >= 0.3 is 0 Å². The fraction of sp³-hybridized carbons (Fsp3) is 0.333. The number of nitrogens with one attached hydrogen (secondary N) is 2. The third-order valence-corrected chi connectivity index (χ3v) is 3.36. The summed E-state index contributed by atoms with van der Waals surface area (Å²) >= 11 is 5.85. The van der Waals surface area contributed by atoms with Gasteiger partial charge in [-0.05, 0) is 24.3 Å². The summed E-state index contributed by atoms with van der Waals surface area (Å²) in [6, 6.07) is 7.16. The van der Waals surface area contributed by atoms with Crippen molar-refractivity contribution in [1.82, 2.24) is 25.7 Å². The minimum Gasteiger partial charge on any atom is -0.347 e. The molecule has 0 unspecified atom stereocenters. The lowest BCUT2D eigenvalue weighted by atomic mass is 10.2. The first-order valence-electron chi connectivity index (χ1n) is 7.23. The van der Waals surface area contributed by atoms with Gasteiger partial charge in [0, 0.05) is 31.7 Å². The summed E-state index contributed by atoms with van der Waals surface area (Å²) in [5, 5.41) is 10.5. The quantitative estimate of drug-likeness (QED) is 0.386. The first kappa shape index (κ1) is 21.2. The molecule has 1 heterocycles. The maximum Gasteiger partial charge on any atom is 0.246 e. The highest BCUT2D eigenvalue weighted by Crippen LogP contribution is 2.18. The number of amides is 1. The lowest BCUT2D eigenvalue weighted by molar-refractivity contribution is -0.127. The van der Waals surface area contributed by atoms with E-state index in [1.807, 2.05) is 12.1 Å². The van der Waals surface area contributed by atoms with Crippen LogP contribution in [0.2, 0.25) is 5.02 Å². The van der Waals surface area contributed by atoms with Crippen LogP contribution in [0, 0.1) is 0 Å². The van der Waals surface area contributed by atoms with Crippen molar-refractivity contribution in [1.29, 1.82) is 0 Å². The number of carbonyl (C=O) groups is 1. The Labute approximate surface area is 168 Å². The zero-order valence-corrected chi connectivity index (χ0v) is 17.2. The van der Waals surface area contributed by atoms with Crippen molar-refractivity contribution in [2.24, 2.45) is 4.99 Å². The zero-order chi connectivity index (χ0) is 17.5. The van der Waals surface area contributed by atoms with Crippen LogP contribution in [0.3, 0.4) is 0 Å². The summed E-state index contributed by atoms with van der Waals surface area (Å²) < 4.78 is 5.19. The lowest BCUT2D eigenvalue weighted by Gasteiger charge is -2.13. The molecule has 136 valence electrons. The molecular formula is C15H20ClIN6O2. The molecular weight excluding hydrogens is 459 g/mol. The van der Waals surface area contributed by atoms with E-state index in [0.717, 1.165) is 5.56 Å². The molecule has 0 atom stereocenters. The van der Waals surface area contributed by atoms with Gasteiger partial charge in [-0.15, -0.1) is 24.0 Å². The molecule has 0 saturated carbocycles. The summed E-state index contributed by atoms with van der Waals surface area (Å²) in [4.78, 5) is 21.4. The predicted octanol–water partition coefficient (Wildman–Crippen LogP) is 1.76. The number of halogens is 2. The molecule has 0 aliphatic heterocycles. The van der Waals surface area contributed by atoms with E-state index in [4.69, 9.17) is 16.1 Å². The second kappa shape index (κ2) is 10.2. The van der Waals surface area contributed by atoms with E-state index < -0.39 is 0 Å². The molecule has 0 fully saturated rings. The van der Waals surface area contributed by atoms with E-state index in [0.29, 0.717) is 22.7 Å². The van der Waals surface area contributed by atoms with Gasteiger partial charge in [0.15, 0.2) is 5.96 Å². The fourth-order valence-corrected chi connectivity index (χ4v) is 1.87. The van der Waals surface area contributed by atoms with Crippen LogP contribution in [0.25, 0.3) is 11.4 Å². The van der Waals surface area contributed by atoms with Crippen LogP contribution in [0.5, 0.6) is 0 Å². The van der Waals surface area contributed by atoms with E-state index in [1.54, 1.807) is 33.3 Å². The third kappa shape index (κ3) is 6.50. The van der Waals surface area contributed by atoms with Gasteiger partial charge in [-0.3, -0.25) is 9.79 Å². The Morgan fingerprint density at radius 3 is 2.56 bits per heavy atom. The first-order chi connectivity index (χ1) is 11.5. The van der Waals surface area contributed by atoms with Gasteiger partial charge in [0.2, 0.25) is 17.6 Å². The second-order valence-electron chi connectivity index (χ2n) is 5.09. The molecule has 0 bridgehead atoms. The maximum atomic E-state index is 11.6. The topological polar surface area (TPSA) is 95.7 Å². The summed E-state index contributed by atoms with van der Waals surface area (Å²) in [6.07, 6.45) is 0. The average molecular weight is 479 g/mol. The Balaban J connectivity index is 0.00000312. The molecule has 2 rings (SSSR count). The number of benzene rings is 1. The van der Waals surface area contributed by atoms with Gasteiger partial charge in [0.05, 0.1) is 13.1 Å². The highest BCUT2D eigenvalue weighted by Gasteiger charge is 2.10. The van der Waals surface area contributed by atoms with E-state index in [2.05, 4.69) is 25.8 Å². The van der Waals surface area contributed by atoms with Gasteiger partial charge in [-0.1, -0.05) is 16.8 Å². The summed E-state index contributed by atoms with van der Waals surface area (Å²) in [5.41, 5.74) is 0.813. The van der Waals surface area contributed by atoms with Gasteiger partial charge < -0.3 is 20.1 Å². The van der Waals surface area contributed by atoms with Crippen molar-refractivity contribution in [3.63, 3.8) is 0 Å². The number of nitrogens with zero attached hydrogens (tertiary/aromatic N) is 4. The van der Waals surface area contributed by atoms with Crippen molar-refractivity contribution in [3.05, 3.63) is 35.2 Å². The molecule has 1 amide bonds. The number of hydrogen-bond acceptors (Lipinski definition) is 5. The normalized spacial score (nSPS) is 10.8. The molecule has 0 radical (unpaired) electrons. The van der Waals surface area contributed by atoms with E-state index in [1.165, 1.54) is 4.90 Å². The number of hydrogen-bond donors (Lipinski definition) is 2. The van der Waals surface area contributed by atoms with Crippen LogP contribution in [-0.4, -0.2) is 54.6 Å². The van der Waals surface area contributed by atoms with Crippen molar-refractivity contribution < 1.29 is 9.32 Å². The molecule has 1 aromatic carbocycles. The van der Waals surface area contributed by atoms with E-state index >= 15 is 0 Å². The molecule has 0 spiro atoms. The maximum absolute atomic E-state index is 11.6. The molecule has 2 aromatic rings. The number of aliphatic imine (C=N–C) groups is 1. The van der Waals surface area contributed by atoms with Crippen molar-refractivity contribution in [2.45, 2.75) is 6.54 Å². The summed E-state index contributed by atoms with van der Waals surface area (Å²) in [6.45, 7) is 0.433. The van der Waals surface area contributed by atoms with Crippen molar-refractivity contribution in [2.75, 3.05) is 27.7 Å². The Morgan fingerprint density at radius 2 is 1.96 bits per heavy atom. The predicted molar refractivity (Wildman–Crippen MR) is 107 cm³/mol. The molecule has 10 heteroatoms.